The normalized spacial score (nSPS) is 14.5. The Hall–Kier alpha value is -1.35. The van der Waals surface area contributed by atoms with Gasteiger partial charge in [-0.3, -0.25) is 0 Å². The van der Waals surface area contributed by atoms with Gasteiger partial charge in [0.1, 0.15) is 18.2 Å². The number of aliphatic hydroxyl groups is 1. The molecule has 0 spiro atoms. The van der Waals surface area contributed by atoms with E-state index in [0.29, 0.717) is 17.9 Å². The predicted molar refractivity (Wildman–Crippen MR) is 47.0 cm³/mol. The molecule has 1 N–H and O–H groups in total. The Balaban J connectivity index is 2.44. The molecule has 3 heteroatoms. The zero-order valence-corrected chi connectivity index (χ0v) is 6.96. The van der Waals surface area contributed by atoms with Crippen molar-refractivity contribution in [2.24, 2.45) is 0 Å². The molecular weight excluding hydrogens is 171 g/mol. The van der Waals surface area contributed by atoms with Crippen molar-refractivity contribution in [2.75, 3.05) is 13.2 Å². The number of hydrogen-bond donors (Lipinski definition) is 1. The van der Waals surface area contributed by atoms with Crippen molar-refractivity contribution in [3.8, 4) is 5.75 Å². The zero-order chi connectivity index (χ0) is 9.26. The van der Waals surface area contributed by atoms with Gasteiger partial charge >= 0.3 is 0 Å². The summed E-state index contributed by atoms with van der Waals surface area (Å²) in [5.41, 5.74) is 1.45. The molecule has 0 saturated heterocycles. The van der Waals surface area contributed by atoms with E-state index in [1.807, 2.05) is 0 Å². The molecule has 1 aromatic rings. The number of aliphatic hydroxyl groups excluding tert-OH is 1. The summed E-state index contributed by atoms with van der Waals surface area (Å²) in [6.07, 6.45) is 1.75. The average Bonchev–Trinajstić information content (AvgIpc) is 2.16. The maximum absolute atomic E-state index is 12.8. The number of fused-ring (bicyclic) bond motifs is 1. The highest BCUT2D eigenvalue weighted by Crippen LogP contribution is 2.26. The third-order valence-electron chi connectivity index (χ3n) is 1.95. The van der Waals surface area contributed by atoms with Crippen LogP contribution in [0.2, 0.25) is 0 Å². The highest BCUT2D eigenvalue weighted by Gasteiger charge is 2.10. The second-order valence-corrected chi connectivity index (χ2v) is 2.93. The topological polar surface area (TPSA) is 29.5 Å². The quantitative estimate of drug-likeness (QED) is 0.711. The van der Waals surface area contributed by atoms with Gasteiger partial charge in [0, 0.05) is 5.56 Å². The zero-order valence-electron chi connectivity index (χ0n) is 6.96. The number of rotatable bonds is 1. The lowest BCUT2D eigenvalue weighted by Gasteiger charge is -2.16. The summed E-state index contributed by atoms with van der Waals surface area (Å²) >= 11 is 0. The Kier molecular flexibility index (Phi) is 2.02. The van der Waals surface area contributed by atoms with Crippen LogP contribution in [0.15, 0.2) is 23.8 Å². The summed E-state index contributed by atoms with van der Waals surface area (Å²) in [7, 11) is 0. The first-order chi connectivity index (χ1) is 6.29. The summed E-state index contributed by atoms with van der Waals surface area (Å²) < 4.78 is 18.1. The van der Waals surface area contributed by atoms with Gasteiger partial charge in [-0.25, -0.2) is 4.39 Å². The molecule has 0 radical (unpaired) electrons. The van der Waals surface area contributed by atoms with E-state index >= 15 is 0 Å². The number of benzene rings is 1. The van der Waals surface area contributed by atoms with Crippen LogP contribution in [-0.2, 0) is 0 Å². The van der Waals surface area contributed by atoms with Gasteiger partial charge in [0.25, 0.3) is 0 Å². The molecule has 0 bridgehead atoms. The van der Waals surface area contributed by atoms with Crippen molar-refractivity contribution < 1.29 is 14.2 Å². The second-order valence-electron chi connectivity index (χ2n) is 2.93. The van der Waals surface area contributed by atoms with Crippen molar-refractivity contribution in [3.63, 3.8) is 0 Å². The van der Waals surface area contributed by atoms with Crippen molar-refractivity contribution in [3.05, 3.63) is 35.2 Å². The fourth-order valence-corrected chi connectivity index (χ4v) is 1.29. The van der Waals surface area contributed by atoms with E-state index in [1.165, 1.54) is 12.1 Å². The molecule has 2 rings (SSSR count). The largest absolute Gasteiger partial charge is 0.489 e. The van der Waals surface area contributed by atoms with Gasteiger partial charge < -0.3 is 9.84 Å². The van der Waals surface area contributed by atoms with Gasteiger partial charge in [-0.15, -0.1) is 0 Å². The van der Waals surface area contributed by atoms with Gasteiger partial charge in [-0.05, 0) is 29.8 Å². The van der Waals surface area contributed by atoms with Crippen LogP contribution < -0.4 is 4.74 Å². The van der Waals surface area contributed by atoms with Crippen LogP contribution in [-0.4, -0.2) is 18.3 Å². The number of hydrogen-bond acceptors (Lipinski definition) is 2. The van der Waals surface area contributed by atoms with Crippen LogP contribution in [0.3, 0.4) is 0 Å². The van der Waals surface area contributed by atoms with Crippen molar-refractivity contribution in [1.29, 1.82) is 0 Å². The average molecular weight is 180 g/mol. The molecule has 1 aliphatic heterocycles. The molecule has 0 unspecified atom stereocenters. The molecule has 1 heterocycles. The molecule has 68 valence electrons. The number of halogens is 1. The predicted octanol–water partition coefficient (Wildman–Crippen LogP) is 1.59. The van der Waals surface area contributed by atoms with Gasteiger partial charge in [0.05, 0.1) is 6.61 Å². The third kappa shape index (κ3) is 1.55. The second kappa shape index (κ2) is 3.18. The molecule has 1 aliphatic rings. The van der Waals surface area contributed by atoms with E-state index in [4.69, 9.17) is 9.84 Å². The standard InChI is InChI=1S/C10H9FO2/c11-9-1-2-10-8(4-9)3-7(5-12)6-13-10/h1-4,12H,5-6H2. The molecule has 0 amide bonds. The Labute approximate surface area is 75.3 Å². The fourth-order valence-electron chi connectivity index (χ4n) is 1.29. The van der Waals surface area contributed by atoms with E-state index in [0.717, 1.165) is 5.57 Å². The first-order valence-corrected chi connectivity index (χ1v) is 4.02. The van der Waals surface area contributed by atoms with E-state index in [-0.39, 0.29) is 12.4 Å². The van der Waals surface area contributed by atoms with Crippen molar-refractivity contribution >= 4 is 6.08 Å². The molecule has 0 atom stereocenters. The van der Waals surface area contributed by atoms with Gasteiger partial charge in [-0.2, -0.15) is 0 Å². The highest BCUT2D eigenvalue weighted by atomic mass is 19.1. The minimum absolute atomic E-state index is 0.0457. The van der Waals surface area contributed by atoms with E-state index in [1.54, 1.807) is 12.1 Å². The van der Waals surface area contributed by atoms with Crippen LogP contribution in [0.1, 0.15) is 5.56 Å². The lowest BCUT2D eigenvalue weighted by atomic mass is 10.1. The Morgan fingerprint density at radius 1 is 1.46 bits per heavy atom. The van der Waals surface area contributed by atoms with Crippen molar-refractivity contribution in [1.82, 2.24) is 0 Å². The van der Waals surface area contributed by atoms with Crippen LogP contribution in [0.5, 0.6) is 5.75 Å². The monoisotopic (exact) mass is 180 g/mol. The SMILES string of the molecule is OCC1=Cc2cc(F)ccc2OC1. The molecule has 0 fully saturated rings. The molecule has 0 aliphatic carbocycles. The Bertz CT molecular complexity index is 358. The lowest BCUT2D eigenvalue weighted by molar-refractivity contribution is 0.285. The molecule has 1 aromatic carbocycles. The summed E-state index contributed by atoms with van der Waals surface area (Å²) in [5.74, 6) is 0.372. The van der Waals surface area contributed by atoms with Gasteiger partial charge in [-0.1, -0.05) is 0 Å². The molecule has 0 saturated carbocycles. The lowest BCUT2D eigenvalue weighted by Crippen LogP contribution is -2.09. The maximum Gasteiger partial charge on any atom is 0.127 e. The summed E-state index contributed by atoms with van der Waals surface area (Å²) in [6, 6.07) is 4.34. The fraction of sp³-hybridized carbons (Fsp3) is 0.200. The molecule has 2 nitrogen and oxygen atoms in total. The first kappa shape index (κ1) is 8.26. The maximum atomic E-state index is 12.8. The first-order valence-electron chi connectivity index (χ1n) is 4.02. The Morgan fingerprint density at radius 2 is 2.31 bits per heavy atom. The van der Waals surface area contributed by atoms with Gasteiger partial charge in [0.15, 0.2) is 0 Å². The van der Waals surface area contributed by atoms with Crippen molar-refractivity contribution in [2.45, 2.75) is 0 Å². The highest BCUT2D eigenvalue weighted by molar-refractivity contribution is 5.62. The Morgan fingerprint density at radius 3 is 3.08 bits per heavy atom. The molecular formula is C10H9FO2. The minimum atomic E-state index is -0.294. The van der Waals surface area contributed by atoms with Crippen LogP contribution in [0.25, 0.3) is 6.08 Å². The van der Waals surface area contributed by atoms with E-state index in [9.17, 15) is 4.39 Å². The van der Waals surface area contributed by atoms with E-state index < -0.39 is 0 Å². The van der Waals surface area contributed by atoms with Gasteiger partial charge in [0.2, 0.25) is 0 Å². The van der Waals surface area contributed by atoms with Crippen LogP contribution in [0.4, 0.5) is 4.39 Å². The summed E-state index contributed by atoms with van der Waals surface area (Å²) in [6.45, 7) is 0.338. The van der Waals surface area contributed by atoms with Crippen LogP contribution in [0, 0.1) is 5.82 Å². The third-order valence-corrected chi connectivity index (χ3v) is 1.95. The van der Waals surface area contributed by atoms with Crippen LogP contribution >= 0.6 is 0 Å². The smallest absolute Gasteiger partial charge is 0.127 e. The minimum Gasteiger partial charge on any atom is -0.489 e. The summed E-state index contributed by atoms with van der Waals surface area (Å²) in [5, 5.41) is 8.84. The molecule has 0 aromatic heterocycles. The molecule has 13 heavy (non-hydrogen) atoms. The summed E-state index contributed by atoms with van der Waals surface area (Å²) in [4.78, 5) is 0. The number of ether oxygens (including phenoxy) is 1. The van der Waals surface area contributed by atoms with E-state index in [2.05, 4.69) is 0 Å².